The Bertz CT molecular complexity index is 270. The fourth-order valence-electron chi connectivity index (χ4n) is 2.53. The first-order valence-corrected chi connectivity index (χ1v) is 7.16. The molecule has 18 heavy (non-hydrogen) atoms. The first kappa shape index (κ1) is 15.4. The van der Waals surface area contributed by atoms with Crippen molar-refractivity contribution in [2.24, 2.45) is 11.7 Å². The van der Waals surface area contributed by atoms with Crippen LogP contribution in [0.5, 0.6) is 0 Å². The molecule has 0 spiro atoms. The lowest BCUT2D eigenvalue weighted by molar-refractivity contribution is -0.137. The third-order valence-corrected chi connectivity index (χ3v) is 4.09. The molecule has 1 atom stereocenters. The summed E-state index contributed by atoms with van der Waals surface area (Å²) in [4.78, 5) is 16.6. The van der Waals surface area contributed by atoms with E-state index < -0.39 is 0 Å². The van der Waals surface area contributed by atoms with Crippen LogP contribution in [0.3, 0.4) is 0 Å². The number of nitrogens with zero attached hydrogens (tertiary/aromatic N) is 2. The molecule has 1 heterocycles. The normalized spacial score (nSPS) is 19.9. The van der Waals surface area contributed by atoms with Gasteiger partial charge in [-0.2, -0.15) is 0 Å². The van der Waals surface area contributed by atoms with Crippen molar-refractivity contribution in [3.05, 3.63) is 0 Å². The zero-order valence-corrected chi connectivity index (χ0v) is 12.4. The summed E-state index contributed by atoms with van der Waals surface area (Å²) in [6.45, 7) is 12.7. The van der Waals surface area contributed by atoms with Crippen LogP contribution in [0.1, 0.15) is 40.5 Å². The van der Waals surface area contributed by atoms with Gasteiger partial charge in [0.05, 0.1) is 0 Å². The van der Waals surface area contributed by atoms with Gasteiger partial charge < -0.3 is 10.6 Å². The van der Waals surface area contributed by atoms with Gasteiger partial charge in [-0.25, -0.2) is 0 Å². The summed E-state index contributed by atoms with van der Waals surface area (Å²) in [5, 5.41) is 0. The van der Waals surface area contributed by atoms with Gasteiger partial charge in [0.2, 0.25) is 5.91 Å². The summed E-state index contributed by atoms with van der Waals surface area (Å²) in [5.41, 5.74) is 5.84. The van der Waals surface area contributed by atoms with E-state index in [0.717, 1.165) is 39.0 Å². The third-order valence-electron chi connectivity index (χ3n) is 4.09. The van der Waals surface area contributed by atoms with E-state index in [2.05, 4.69) is 25.7 Å². The molecule has 2 N–H and O–H groups in total. The Kier molecular flexibility index (Phi) is 5.60. The number of rotatable bonds is 5. The highest BCUT2D eigenvalue weighted by Gasteiger charge is 2.31. The summed E-state index contributed by atoms with van der Waals surface area (Å²) in [6, 6.07) is 0. The summed E-state index contributed by atoms with van der Waals surface area (Å²) in [6.07, 6.45) is 2.07. The molecular formula is C14H29N3O. The van der Waals surface area contributed by atoms with Crippen molar-refractivity contribution in [3.8, 4) is 0 Å². The highest BCUT2D eigenvalue weighted by atomic mass is 16.2. The molecule has 1 aliphatic rings. The van der Waals surface area contributed by atoms with Crippen molar-refractivity contribution in [3.63, 3.8) is 0 Å². The van der Waals surface area contributed by atoms with Crippen molar-refractivity contribution >= 4 is 5.91 Å². The van der Waals surface area contributed by atoms with Crippen LogP contribution in [-0.2, 0) is 4.79 Å². The molecule has 1 fully saturated rings. The van der Waals surface area contributed by atoms with Crippen LogP contribution in [0.15, 0.2) is 0 Å². The molecule has 0 bridgehead atoms. The predicted molar refractivity (Wildman–Crippen MR) is 75.4 cm³/mol. The molecule has 0 aliphatic carbocycles. The summed E-state index contributed by atoms with van der Waals surface area (Å²) in [5.74, 6) is 0.492. The van der Waals surface area contributed by atoms with Gasteiger partial charge in [-0.3, -0.25) is 9.69 Å². The molecule has 1 amide bonds. The molecule has 1 aliphatic heterocycles. The van der Waals surface area contributed by atoms with Crippen LogP contribution in [0.2, 0.25) is 0 Å². The quantitative estimate of drug-likeness (QED) is 0.805. The lowest BCUT2D eigenvalue weighted by Crippen LogP contribution is -2.58. The van der Waals surface area contributed by atoms with Gasteiger partial charge in [-0.15, -0.1) is 0 Å². The number of hydrogen-bond donors (Lipinski definition) is 1. The van der Waals surface area contributed by atoms with Gasteiger partial charge in [0.1, 0.15) is 0 Å². The standard InChI is InChI=1S/C14H29N3O/c1-5-6-12(2)13(18)16-7-9-17(10-8-16)14(3,4)11-15/h12H,5-11,15H2,1-4H3. The highest BCUT2D eigenvalue weighted by Crippen LogP contribution is 2.17. The fraction of sp³-hybridized carbons (Fsp3) is 0.929. The van der Waals surface area contributed by atoms with Crippen LogP contribution in [0.4, 0.5) is 0 Å². The van der Waals surface area contributed by atoms with Crippen LogP contribution >= 0.6 is 0 Å². The van der Waals surface area contributed by atoms with Crippen molar-refractivity contribution in [2.75, 3.05) is 32.7 Å². The van der Waals surface area contributed by atoms with Crippen molar-refractivity contribution in [2.45, 2.75) is 46.1 Å². The molecule has 0 radical (unpaired) electrons. The summed E-state index contributed by atoms with van der Waals surface area (Å²) >= 11 is 0. The minimum Gasteiger partial charge on any atom is -0.340 e. The largest absolute Gasteiger partial charge is 0.340 e. The molecular weight excluding hydrogens is 226 g/mol. The van der Waals surface area contributed by atoms with E-state index in [0.29, 0.717) is 12.5 Å². The molecule has 1 unspecified atom stereocenters. The maximum atomic E-state index is 12.2. The third kappa shape index (κ3) is 3.69. The average molecular weight is 255 g/mol. The Morgan fingerprint density at radius 2 is 1.83 bits per heavy atom. The second-order valence-electron chi connectivity index (χ2n) is 6.02. The van der Waals surface area contributed by atoms with Gasteiger partial charge in [0, 0.05) is 44.2 Å². The van der Waals surface area contributed by atoms with Crippen molar-refractivity contribution < 1.29 is 4.79 Å². The number of piperazine rings is 1. The predicted octanol–water partition coefficient (Wildman–Crippen LogP) is 1.30. The Morgan fingerprint density at radius 3 is 2.28 bits per heavy atom. The van der Waals surface area contributed by atoms with E-state index in [-0.39, 0.29) is 11.5 Å². The number of carbonyl (C=O) groups is 1. The van der Waals surface area contributed by atoms with E-state index in [1.165, 1.54) is 0 Å². The molecule has 4 heteroatoms. The Labute approximate surface area is 111 Å². The van der Waals surface area contributed by atoms with Gasteiger partial charge in [0.15, 0.2) is 0 Å². The topological polar surface area (TPSA) is 49.6 Å². The van der Waals surface area contributed by atoms with E-state index >= 15 is 0 Å². The van der Waals surface area contributed by atoms with Crippen molar-refractivity contribution in [1.29, 1.82) is 0 Å². The van der Waals surface area contributed by atoms with Crippen LogP contribution in [-0.4, -0.2) is 54.0 Å². The van der Waals surface area contributed by atoms with Gasteiger partial charge >= 0.3 is 0 Å². The molecule has 0 saturated carbocycles. The van der Waals surface area contributed by atoms with Crippen LogP contribution in [0.25, 0.3) is 0 Å². The Balaban J connectivity index is 2.46. The smallest absolute Gasteiger partial charge is 0.225 e. The van der Waals surface area contributed by atoms with Crippen LogP contribution in [0, 0.1) is 5.92 Å². The first-order valence-electron chi connectivity index (χ1n) is 7.16. The zero-order chi connectivity index (χ0) is 13.8. The Morgan fingerprint density at radius 1 is 1.28 bits per heavy atom. The molecule has 0 aromatic carbocycles. The second-order valence-corrected chi connectivity index (χ2v) is 6.02. The molecule has 0 aromatic rings. The number of carbonyl (C=O) groups excluding carboxylic acids is 1. The number of amides is 1. The van der Waals surface area contributed by atoms with Gasteiger partial charge in [-0.05, 0) is 20.3 Å². The minimum absolute atomic E-state index is 0.0458. The first-order chi connectivity index (χ1) is 8.42. The van der Waals surface area contributed by atoms with E-state index in [9.17, 15) is 4.79 Å². The maximum Gasteiger partial charge on any atom is 0.225 e. The number of nitrogens with two attached hydrogens (primary N) is 1. The van der Waals surface area contributed by atoms with Gasteiger partial charge in [-0.1, -0.05) is 20.3 Å². The SMILES string of the molecule is CCCC(C)C(=O)N1CCN(C(C)(C)CN)CC1. The van der Waals surface area contributed by atoms with Crippen LogP contribution < -0.4 is 5.73 Å². The highest BCUT2D eigenvalue weighted by molar-refractivity contribution is 5.78. The van der Waals surface area contributed by atoms with Gasteiger partial charge in [0.25, 0.3) is 0 Å². The summed E-state index contributed by atoms with van der Waals surface area (Å²) < 4.78 is 0. The van der Waals surface area contributed by atoms with E-state index in [1.807, 2.05) is 11.8 Å². The second kappa shape index (κ2) is 6.53. The minimum atomic E-state index is 0.0458. The monoisotopic (exact) mass is 255 g/mol. The van der Waals surface area contributed by atoms with Crippen molar-refractivity contribution in [1.82, 2.24) is 9.80 Å². The maximum absolute atomic E-state index is 12.2. The number of hydrogen-bond acceptors (Lipinski definition) is 3. The summed E-state index contributed by atoms with van der Waals surface area (Å²) in [7, 11) is 0. The van der Waals surface area contributed by atoms with E-state index in [1.54, 1.807) is 0 Å². The zero-order valence-electron chi connectivity index (χ0n) is 12.4. The van der Waals surface area contributed by atoms with E-state index in [4.69, 9.17) is 5.73 Å². The fourth-order valence-corrected chi connectivity index (χ4v) is 2.53. The lowest BCUT2D eigenvalue weighted by atomic mass is 10.0. The molecule has 106 valence electrons. The lowest BCUT2D eigenvalue weighted by Gasteiger charge is -2.44. The molecule has 1 saturated heterocycles. The molecule has 4 nitrogen and oxygen atoms in total. The average Bonchev–Trinajstić information content (AvgIpc) is 2.38. The molecule has 0 aromatic heterocycles. The molecule has 1 rings (SSSR count). The Hall–Kier alpha value is -0.610.